The Morgan fingerprint density at radius 2 is 1.96 bits per heavy atom. The Hall–Kier alpha value is -2.79. The second-order valence-corrected chi connectivity index (χ2v) is 6.15. The highest BCUT2D eigenvalue weighted by atomic mass is 35.5. The lowest BCUT2D eigenvalue weighted by Gasteiger charge is -2.38. The molecule has 25 heavy (non-hydrogen) atoms. The third kappa shape index (κ3) is 2.76. The molecule has 0 unspecified atom stereocenters. The van der Waals surface area contributed by atoms with E-state index >= 15 is 0 Å². The molecule has 4 nitrogen and oxygen atoms in total. The van der Waals surface area contributed by atoms with Crippen LogP contribution < -0.4 is 5.32 Å². The Bertz CT molecular complexity index is 907. The number of furan rings is 1. The van der Waals surface area contributed by atoms with Crippen LogP contribution in [0.5, 0.6) is 0 Å². The first-order valence-electron chi connectivity index (χ1n) is 7.78. The Balaban J connectivity index is 1.83. The molecule has 1 N–H and O–H groups in total. The summed E-state index contributed by atoms with van der Waals surface area (Å²) >= 11 is 6.24. The number of rotatable bonds is 3. The molecule has 0 aliphatic carbocycles. The summed E-state index contributed by atoms with van der Waals surface area (Å²) in [7, 11) is 0. The number of hydrogen-bond donors (Lipinski definition) is 1. The first-order valence-corrected chi connectivity index (χ1v) is 8.16. The first kappa shape index (κ1) is 15.7. The normalized spacial score (nSPS) is 16.5. The Labute approximate surface area is 148 Å². The van der Waals surface area contributed by atoms with Crippen molar-refractivity contribution in [1.29, 1.82) is 0 Å². The number of benzene rings is 2. The van der Waals surface area contributed by atoms with Gasteiger partial charge in [-0.1, -0.05) is 29.8 Å². The monoisotopic (exact) mass is 356 g/mol. The largest absolute Gasteiger partial charge is 0.467 e. The molecule has 0 spiro atoms. The summed E-state index contributed by atoms with van der Waals surface area (Å²) in [6, 6.07) is 15.1. The van der Waals surface area contributed by atoms with Crippen molar-refractivity contribution < 1.29 is 13.6 Å². The van der Waals surface area contributed by atoms with E-state index in [4.69, 9.17) is 16.0 Å². The maximum Gasteiger partial charge on any atom is 0.258 e. The van der Waals surface area contributed by atoms with Crippen molar-refractivity contribution in [2.45, 2.75) is 12.7 Å². The summed E-state index contributed by atoms with van der Waals surface area (Å²) in [6.45, 7) is 0.197. The highest BCUT2D eigenvalue weighted by Crippen LogP contribution is 2.37. The Morgan fingerprint density at radius 1 is 1.12 bits per heavy atom. The van der Waals surface area contributed by atoms with Crippen molar-refractivity contribution in [3.05, 3.63) is 88.6 Å². The summed E-state index contributed by atoms with van der Waals surface area (Å²) < 4.78 is 19.9. The van der Waals surface area contributed by atoms with E-state index in [9.17, 15) is 9.18 Å². The molecule has 2 heterocycles. The van der Waals surface area contributed by atoms with Gasteiger partial charge in [-0.05, 0) is 36.4 Å². The molecule has 6 heteroatoms. The number of hydrogen-bond acceptors (Lipinski definition) is 3. The third-order valence-electron chi connectivity index (χ3n) is 4.20. The van der Waals surface area contributed by atoms with Crippen molar-refractivity contribution in [3.8, 4) is 0 Å². The second kappa shape index (κ2) is 6.26. The van der Waals surface area contributed by atoms with Crippen LogP contribution >= 0.6 is 11.6 Å². The van der Waals surface area contributed by atoms with Gasteiger partial charge in [0.1, 0.15) is 17.7 Å². The van der Waals surface area contributed by atoms with Crippen LogP contribution in [0.1, 0.15) is 27.8 Å². The smallest absolute Gasteiger partial charge is 0.258 e. The number of amides is 1. The molecule has 1 atom stereocenters. The molecule has 2 aromatic carbocycles. The number of carbonyl (C=O) groups excluding carboxylic acids is 1. The summed E-state index contributed by atoms with van der Waals surface area (Å²) in [6.07, 6.45) is 0.803. The number of carbonyl (C=O) groups is 1. The molecule has 0 bridgehead atoms. The van der Waals surface area contributed by atoms with Crippen LogP contribution in [0.25, 0.3) is 0 Å². The molecule has 0 fully saturated rings. The van der Waals surface area contributed by atoms with Gasteiger partial charge in [-0.25, -0.2) is 4.39 Å². The maximum atomic E-state index is 14.5. The zero-order valence-corrected chi connectivity index (χ0v) is 13.8. The van der Waals surface area contributed by atoms with Crippen LogP contribution in [0.15, 0.2) is 65.3 Å². The highest BCUT2D eigenvalue weighted by molar-refractivity contribution is 6.31. The van der Waals surface area contributed by atoms with Gasteiger partial charge in [0.05, 0.1) is 23.4 Å². The molecule has 0 radical (unpaired) electrons. The van der Waals surface area contributed by atoms with Gasteiger partial charge >= 0.3 is 0 Å². The fraction of sp³-hybridized carbons (Fsp3) is 0.105. The van der Waals surface area contributed by atoms with E-state index in [-0.39, 0.29) is 23.0 Å². The number of nitrogens with one attached hydrogen (secondary N) is 1. The SMILES string of the molecule is O=C1c2ccccc2N[C@@H](c2c(F)cccc2Cl)N1Cc1ccco1. The van der Waals surface area contributed by atoms with Gasteiger partial charge < -0.3 is 14.6 Å². The Kier molecular flexibility index (Phi) is 3.93. The molecule has 1 aromatic heterocycles. The molecule has 1 amide bonds. The van der Waals surface area contributed by atoms with E-state index in [1.165, 1.54) is 23.3 Å². The predicted octanol–water partition coefficient (Wildman–Crippen LogP) is 4.84. The van der Waals surface area contributed by atoms with Crippen molar-refractivity contribution in [3.63, 3.8) is 0 Å². The van der Waals surface area contributed by atoms with Crippen molar-refractivity contribution in [2.75, 3.05) is 5.32 Å². The maximum absolute atomic E-state index is 14.5. The Morgan fingerprint density at radius 3 is 2.72 bits per heavy atom. The van der Waals surface area contributed by atoms with Crippen LogP contribution in [0.2, 0.25) is 5.02 Å². The molecule has 1 aliphatic rings. The molecule has 0 saturated carbocycles. The van der Waals surface area contributed by atoms with Crippen LogP contribution in [0, 0.1) is 5.82 Å². The number of para-hydroxylation sites is 1. The van der Waals surface area contributed by atoms with E-state index in [2.05, 4.69) is 5.32 Å². The summed E-state index contributed by atoms with van der Waals surface area (Å²) in [5, 5.41) is 3.49. The summed E-state index contributed by atoms with van der Waals surface area (Å²) in [5.41, 5.74) is 1.41. The van der Waals surface area contributed by atoms with Gasteiger partial charge in [-0.15, -0.1) is 0 Å². The highest BCUT2D eigenvalue weighted by Gasteiger charge is 2.35. The van der Waals surface area contributed by atoms with Crippen LogP contribution in [0.4, 0.5) is 10.1 Å². The van der Waals surface area contributed by atoms with Gasteiger partial charge in [-0.2, -0.15) is 0 Å². The van der Waals surface area contributed by atoms with E-state index in [0.29, 0.717) is 17.0 Å². The lowest BCUT2D eigenvalue weighted by molar-refractivity contribution is 0.0648. The zero-order valence-electron chi connectivity index (χ0n) is 13.1. The fourth-order valence-electron chi connectivity index (χ4n) is 3.03. The predicted molar refractivity (Wildman–Crippen MR) is 92.8 cm³/mol. The minimum absolute atomic E-state index is 0.197. The van der Waals surface area contributed by atoms with Crippen LogP contribution in [-0.4, -0.2) is 10.8 Å². The average Bonchev–Trinajstić information content (AvgIpc) is 3.11. The number of nitrogens with zero attached hydrogens (tertiary/aromatic N) is 1. The third-order valence-corrected chi connectivity index (χ3v) is 4.53. The second-order valence-electron chi connectivity index (χ2n) is 5.74. The summed E-state index contributed by atoms with van der Waals surface area (Å²) in [5.74, 6) is -0.0799. The van der Waals surface area contributed by atoms with Gasteiger partial charge in [0.25, 0.3) is 5.91 Å². The zero-order chi connectivity index (χ0) is 17.4. The van der Waals surface area contributed by atoms with E-state index < -0.39 is 12.0 Å². The minimum atomic E-state index is -0.735. The molecule has 3 aromatic rings. The van der Waals surface area contributed by atoms with Crippen molar-refractivity contribution in [1.82, 2.24) is 4.90 Å². The van der Waals surface area contributed by atoms with Crippen LogP contribution in [-0.2, 0) is 6.54 Å². The molecule has 0 saturated heterocycles. The van der Waals surface area contributed by atoms with Gasteiger partial charge in [0.15, 0.2) is 0 Å². The molecular formula is C19H14ClFN2O2. The van der Waals surface area contributed by atoms with E-state index in [1.54, 1.807) is 36.4 Å². The quantitative estimate of drug-likeness (QED) is 0.730. The number of anilines is 1. The topological polar surface area (TPSA) is 45.5 Å². The van der Waals surface area contributed by atoms with Crippen LogP contribution in [0.3, 0.4) is 0 Å². The fourth-order valence-corrected chi connectivity index (χ4v) is 3.29. The molecular weight excluding hydrogens is 343 g/mol. The average molecular weight is 357 g/mol. The van der Waals surface area contributed by atoms with Crippen molar-refractivity contribution in [2.24, 2.45) is 0 Å². The molecule has 1 aliphatic heterocycles. The molecule has 4 rings (SSSR count). The van der Waals surface area contributed by atoms with Gasteiger partial charge in [-0.3, -0.25) is 4.79 Å². The van der Waals surface area contributed by atoms with Gasteiger partial charge in [0, 0.05) is 11.3 Å². The van der Waals surface area contributed by atoms with E-state index in [1.807, 2.05) is 6.07 Å². The standard InChI is InChI=1S/C19H14ClFN2O2/c20-14-7-3-8-15(21)17(14)18-22-16-9-2-1-6-13(16)19(24)23(18)11-12-5-4-10-25-12/h1-10,18,22H,11H2/t18-/m1/s1. The van der Waals surface area contributed by atoms with Crippen molar-refractivity contribution >= 4 is 23.2 Å². The first-order chi connectivity index (χ1) is 12.1. The van der Waals surface area contributed by atoms with E-state index in [0.717, 1.165) is 0 Å². The number of fused-ring (bicyclic) bond motifs is 1. The lowest BCUT2D eigenvalue weighted by atomic mass is 10.0. The minimum Gasteiger partial charge on any atom is -0.467 e. The summed E-state index contributed by atoms with van der Waals surface area (Å²) in [4.78, 5) is 14.5. The number of halogens is 2. The molecule has 126 valence electrons. The lowest BCUT2D eigenvalue weighted by Crippen LogP contribution is -2.42. The van der Waals surface area contributed by atoms with Gasteiger partial charge in [0.2, 0.25) is 0 Å².